The molecule has 0 aromatic heterocycles. The molecule has 5 heteroatoms. The van der Waals surface area contributed by atoms with Gasteiger partial charge in [0.15, 0.2) is 0 Å². The highest BCUT2D eigenvalue weighted by molar-refractivity contribution is 7.86. The van der Waals surface area contributed by atoms with Crippen LogP contribution in [-0.2, 0) is 19.8 Å². The van der Waals surface area contributed by atoms with Gasteiger partial charge in [0.1, 0.15) is 0 Å². The molecular formula is C33H35NO3S. The van der Waals surface area contributed by atoms with Crippen LogP contribution in [0.25, 0.3) is 0 Å². The number of hydrogen-bond donors (Lipinski definition) is 0. The van der Waals surface area contributed by atoms with E-state index in [1.807, 2.05) is 6.92 Å². The highest BCUT2D eigenvalue weighted by Gasteiger charge is 2.43. The van der Waals surface area contributed by atoms with Gasteiger partial charge < -0.3 is 0 Å². The number of piperidine rings is 1. The van der Waals surface area contributed by atoms with Crippen LogP contribution >= 0.6 is 0 Å². The van der Waals surface area contributed by atoms with Crippen LogP contribution in [0.4, 0.5) is 0 Å². The van der Waals surface area contributed by atoms with E-state index in [-0.39, 0.29) is 11.5 Å². The topological polar surface area (TPSA) is 46.6 Å². The van der Waals surface area contributed by atoms with Gasteiger partial charge in [0, 0.05) is 0 Å². The van der Waals surface area contributed by atoms with Crippen molar-refractivity contribution in [2.75, 3.05) is 19.7 Å². The predicted octanol–water partition coefficient (Wildman–Crippen LogP) is 6.79. The minimum absolute atomic E-state index is 0.210. The van der Waals surface area contributed by atoms with Crippen LogP contribution in [-0.4, -0.2) is 33.0 Å². The Hall–Kier alpha value is -3.25. The Morgan fingerprint density at radius 1 is 0.711 bits per heavy atom. The average molecular weight is 526 g/mol. The van der Waals surface area contributed by atoms with E-state index in [0.29, 0.717) is 5.92 Å². The lowest BCUT2D eigenvalue weighted by Crippen LogP contribution is -2.51. The van der Waals surface area contributed by atoms with E-state index < -0.39 is 15.7 Å². The monoisotopic (exact) mass is 525 g/mol. The summed E-state index contributed by atoms with van der Waals surface area (Å²) in [6, 6.07) is 39.1. The van der Waals surface area contributed by atoms with E-state index in [4.69, 9.17) is 4.18 Å². The van der Waals surface area contributed by atoms with Gasteiger partial charge in [-0.1, -0.05) is 109 Å². The molecule has 0 bridgehead atoms. The maximum atomic E-state index is 12.6. The first-order chi connectivity index (χ1) is 18.5. The molecule has 0 saturated carbocycles. The van der Waals surface area contributed by atoms with Gasteiger partial charge in [-0.3, -0.25) is 9.08 Å². The van der Waals surface area contributed by atoms with Crippen LogP contribution in [0.3, 0.4) is 0 Å². The van der Waals surface area contributed by atoms with Crippen molar-refractivity contribution < 1.29 is 12.6 Å². The minimum atomic E-state index is -3.73. The quantitative estimate of drug-likeness (QED) is 0.178. The summed E-state index contributed by atoms with van der Waals surface area (Å²) in [5.41, 5.74) is 4.38. The molecule has 38 heavy (non-hydrogen) atoms. The summed E-state index contributed by atoms with van der Waals surface area (Å²) in [5.74, 6) is 0.416. The van der Waals surface area contributed by atoms with E-state index in [2.05, 4.69) is 95.9 Å². The molecule has 0 amide bonds. The summed E-state index contributed by atoms with van der Waals surface area (Å²) < 4.78 is 30.6. The smallest absolute Gasteiger partial charge is 0.286 e. The maximum Gasteiger partial charge on any atom is 0.296 e. The molecule has 0 spiro atoms. The molecule has 4 aromatic rings. The Kier molecular flexibility index (Phi) is 8.08. The third-order valence-electron chi connectivity index (χ3n) is 7.74. The molecule has 1 saturated heterocycles. The Labute approximate surface area is 227 Å². The SMILES string of the molecule is Cc1ccc(S(=O)(=O)OCCC2CCN(C(c3ccccc3)(c3ccccc3)c3ccccc3)CC2)cc1. The van der Waals surface area contributed by atoms with Crippen molar-refractivity contribution in [3.63, 3.8) is 0 Å². The zero-order valence-corrected chi connectivity index (χ0v) is 22.7. The number of hydrogen-bond acceptors (Lipinski definition) is 4. The summed E-state index contributed by atoms with van der Waals surface area (Å²) in [6.07, 6.45) is 2.71. The first-order valence-electron chi connectivity index (χ1n) is 13.4. The van der Waals surface area contributed by atoms with Crippen LogP contribution in [0.1, 0.15) is 41.5 Å². The van der Waals surface area contributed by atoms with E-state index >= 15 is 0 Å². The van der Waals surface area contributed by atoms with Crippen LogP contribution in [0, 0.1) is 12.8 Å². The lowest BCUT2D eigenvalue weighted by molar-refractivity contribution is 0.0942. The molecule has 0 radical (unpaired) electrons. The molecule has 1 fully saturated rings. The van der Waals surface area contributed by atoms with Gasteiger partial charge in [0.25, 0.3) is 10.1 Å². The number of rotatable bonds is 9. The highest BCUT2D eigenvalue weighted by Crippen LogP contribution is 2.44. The normalized spacial score (nSPS) is 15.4. The highest BCUT2D eigenvalue weighted by atomic mass is 32.2. The molecule has 4 nitrogen and oxygen atoms in total. The zero-order chi connectivity index (χ0) is 26.4. The van der Waals surface area contributed by atoms with Crippen LogP contribution in [0.2, 0.25) is 0 Å². The van der Waals surface area contributed by atoms with E-state index in [1.54, 1.807) is 24.3 Å². The molecule has 196 valence electrons. The van der Waals surface area contributed by atoms with E-state index in [9.17, 15) is 8.42 Å². The van der Waals surface area contributed by atoms with Crippen molar-refractivity contribution in [2.24, 2.45) is 5.92 Å². The third kappa shape index (κ3) is 5.46. The Morgan fingerprint density at radius 3 is 1.61 bits per heavy atom. The average Bonchev–Trinajstić information content (AvgIpc) is 2.96. The second-order valence-electron chi connectivity index (χ2n) is 10.1. The van der Waals surface area contributed by atoms with E-state index in [1.165, 1.54) is 16.7 Å². The molecule has 0 aliphatic carbocycles. The van der Waals surface area contributed by atoms with Gasteiger partial charge in [-0.05, 0) is 74.0 Å². The second kappa shape index (κ2) is 11.6. The predicted molar refractivity (Wildman–Crippen MR) is 152 cm³/mol. The number of nitrogens with zero attached hydrogens (tertiary/aromatic N) is 1. The number of benzene rings is 4. The fraction of sp³-hybridized carbons (Fsp3) is 0.273. The first kappa shape index (κ1) is 26.4. The van der Waals surface area contributed by atoms with Crippen LogP contribution in [0.15, 0.2) is 120 Å². The zero-order valence-electron chi connectivity index (χ0n) is 21.9. The summed E-state index contributed by atoms with van der Waals surface area (Å²) in [4.78, 5) is 2.82. The number of likely N-dealkylation sites (tertiary alicyclic amines) is 1. The Morgan fingerprint density at radius 2 is 1.16 bits per heavy atom. The van der Waals surface area contributed by atoms with Crippen molar-refractivity contribution in [3.8, 4) is 0 Å². The Bertz CT molecular complexity index is 1300. The van der Waals surface area contributed by atoms with Crippen LogP contribution in [0.5, 0.6) is 0 Å². The van der Waals surface area contributed by atoms with Crippen molar-refractivity contribution in [1.82, 2.24) is 4.90 Å². The van der Waals surface area contributed by atoms with Gasteiger partial charge in [0.2, 0.25) is 0 Å². The fourth-order valence-electron chi connectivity index (χ4n) is 5.74. The lowest BCUT2D eigenvalue weighted by Gasteiger charge is -2.48. The van der Waals surface area contributed by atoms with Crippen molar-refractivity contribution in [1.29, 1.82) is 0 Å². The Balaban J connectivity index is 1.34. The van der Waals surface area contributed by atoms with E-state index in [0.717, 1.165) is 37.9 Å². The molecule has 0 N–H and O–H groups in total. The van der Waals surface area contributed by atoms with Gasteiger partial charge >= 0.3 is 0 Å². The lowest BCUT2D eigenvalue weighted by atomic mass is 9.74. The molecule has 1 aliphatic rings. The fourth-order valence-corrected chi connectivity index (χ4v) is 6.66. The molecule has 0 unspecified atom stereocenters. The van der Waals surface area contributed by atoms with Crippen molar-refractivity contribution in [3.05, 3.63) is 138 Å². The van der Waals surface area contributed by atoms with Gasteiger partial charge in [0.05, 0.1) is 17.0 Å². The van der Waals surface area contributed by atoms with Crippen LogP contribution < -0.4 is 0 Å². The van der Waals surface area contributed by atoms with Gasteiger partial charge in [-0.15, -0.1) is 0 Å². The molecule has 1 aliphatic heterocycles. The third-order valence-corrected chi connectivity index (χ3v) is 9.06. The van der Waals surface area contributed by atoms with Gasteiger partial charge in [-0.25, -0.2) is 0 Å². The number of aryl methyl sites for hydroxylation is 1. The maximum absolute atomic E-state index is 12.6. The second-order valence-corrected chi connectivity index (χ2v) is 11.7. The molecule has 0 atom stereocenters. The van der Waals surface area contributed by atoms with Crippen molar-refractivity contribution >= 4 is 10.1 Å². The summed E-state index contributed by atoms with van der Waals surface area (Å²) >= 11 is 0. The minimum Gasteiger partial charge on any atom is -0.286 e. The largest absolute Gasteiger partial charge is 0.296 e. The summed E-state index contributed by atoms with van der Waals surface area (Å²) in [5, 5.41) is 0. The molecule has 5 rings (SSSR count). The summed E-state index contributed by atoms with van der Waals surface area (Å²) in [7, 11) is -3.73. The first-order valence-corrected chi connectivity index (χ1v) is 14.8. The summed E-state index contributed by atoms with van der Waals surface area (Å²) in [6.45, 7) is 3.97. The standard InChI is InChI=1S/C33H35NO3S/c1-27-17-19-32(20-18-27)38(35,36)37-26-23-28-21-24-34(25-22-28)33(29-11-5-2-6-12-29,30-13-7-3-8-14-30)31-15-9-4-10-16-31/h2-20,28H,21-26H2,1H3. The molecule has 1 heterocycles. The molecule has 4 aromatic carbocycles. The van der Waals surface area contributed by atoms with Gasteiger partial charge in [-0.2, -0.15) is 8.42 Å². The van der Waals surface area contributed by atoms with Crippen molar-refractivity contribution in [2.45, 2.75) is 36.6 Å². The molecular weight excluding hydrogens is 490 g/mol.